The molecule has 0 atom stereocenters. The molecule has 6 heteroatoms. The predicted molar refractivity (Wildman–Crippen MR) is 113 cm³/mol. The highest BCUT2D eigenvalue weighted by atomic mass is 32.1. The molecule has 27 heavy (non-hydrogen) atoms. The summed E-state index contributed by atoms with van der Waals surface area (Å²) in [6.07, 6.45) is 0. The molecule has 5 nitrogen and oxygen atoms in total. The van der Waals surface area contributed by atoms with Crippen molar-refractivity contribution in [3.05, 3.63) is 77.1 Å². The lowest BCUT2D eigenvalue weighted by Crippen LogP contribution is -2.28. The van der Waals surface area contributed by atoms with E-state index >= 15 is 0 Å². The van der Waals surface area contributed by atoms with Gasteiger partial charge in [-0.2, -0.15) is 5.10 Å². The van der Waals surface area contributed by atoms with Crippen LogP contribution < -0.4 is 15.4 Å². The first kappa shape index (κ1) is 18.9. The summed E-state index contributed by atoms with van der Waals surface area (Å²) in [5.41, 5.74) is 5.45. The van der Waals surface area contributed by atoms with Gasteiger partial charge in [-0.25, -0.2) is 0 Å². The second-order valence-electron chi connectivity index (χ2n) is 6.33. The van der Waals surface area contributed by atoms with E-state index in [2.05, 4.69) is 34.8 Å². The van der Waals surface area contributed by atoms with Crippen LogP contribution in [0.25, 0.3) is 0 Å². The highest BCUT2D eigenvalue weighted by Crippen LogP contribution is 2.17. The molecule has 0 saturated heterocycles. The van der Waals surface area contributed by atoms with E-state index in [1.807, 2.05) is 54.1 Å². The SMILES string of the molecule is COc1cccc(NC(=S)NCc2c(C)nn(Cc3ccccc3)c2C)c1. The predicted octanol–water partition coefficient (Wildman–Crippen LogP) is 4.04. The Morgan fingerprint density at radius 2 is 1.89 bits per heavy atom. The van der Waals surface area contributed by atoms with Crippen molar-refractivity contribution in [3.63, 3.8) is 0 Å². The van der Waals surface area contributed by atoms with Gasteiger partial charge in [0.2, 0.25) is 0 Å². The van der Waals surface area contributed by atoms with Gasteiger partial charge in [0.25, 0.3) is 0 Å². The summed E-state index contributed by atoms with van der Waals surface area (Å²) in [5.74, 6) is 0.789. The van der Waals surface area contributed by atoms with E-state index in [1.54, 1.807) is 7.11 Å². The van der Waals surface area contributed by atoms with E-state index in [0.717, 1.165) is 29.4 Å². The highest BCUT2D eigenvalue weighted by molar-refractivity contribution is 7.80. The monoisotopic (exact) mass is 380 g/mol. The second kappa shape index (κ2) is 8.68. The Kier molecular flexibility index (Phi) is 6.08. The lowest BCUT2D eigenvalue weighted by Gasteiger charge is -2.12. The maximum atomic E-state index is 5.42. The fourth-order valence-electron chi connectivity index (χ4n) is 2.94. The number of hydrogen-bond acceptors (Lipinski definition) is 3. The van der Waals surface area contributed by atoms with E-state index < -0.39 is 0 Å². The molecule has 140 valence electrons. The number of hydrogen-bond donors (Lipinski definition) is 2. The van der Waals surface area contributed by atoms with Crippen molar-refractivity contribution in [1.82, 2.24) is 15.1 Å². The quantitative estimate of drug-likeness (QED) is 0.632. The maximum Gasteiger partial charge on any atom is 0.171 e. The van der Waals surface area contributed by atoms with E-state index in [1.165, 1.54) is 11.1 Å². The summed E-state index contributed by atoms with van der Waals surface area (Å²) >= 11 is 5.42. The van der Waals surface area contributed by atoms with E-state index in [9.17, 15) is 0 Å². The van der Waals surface area contributed by atoms with Gasteiger partial charge < -0.3 is 15.4 Å². The van der Waals surface area contributed by atoms with Crippen LogP contribution in [-0.2, 0) is 13.1 Å². The number of nitrogens with zero attached hydrogens (tertiary/aromatic N) is 2. The van der Waals surface area contributed by atoms with Crippen LogP contribution in [0.2, 0.25) is 0 Å². The van der Waals surface area contributed by atoms with Gasteiger partial charge in [0, 0.05) is 29.6 Å². The number of aryl methyl sites for hydroxylation is 1. The van der Waals surface area contributed by atoms with Gasteiger partial charge in [-0.1, -0.05) is 36.4 Å². The molecule has 3 aromatic rings. The van der Waals surface area contributed by atoms with Crippen LogP contribution in [0.1, 0.15) is 22.5 Å². The fourth-order valence-corrected chi connectivity index (χ4v) is 3.13. The summed E-state index contributed by atoms with van der Waals surface area (Å²) in [5, 5.41) is 11.7. The fraction of sp³-hybridized carbons (Fsp3) is 0.238. The van der Waals surface area contributed by atoms with Crippen molar-refractivity contribution in [2.45, 2.75) is 26.9 Å². The number of ether oxygens (including phenoxy) is 1. The number of nitrogens with one attached hydrogen (secondary N) is 2. The van der Waals surface area contributed by atoms with Gasteiger partial charge in [0.1, 0.15) is 5.75 Å². The molecule has 0 aliphatic carbocycles. The van der Waals surface area contributed by atoms with Gasteiger partial charge in [-0.15, -0.1) is 0 Å². The van der Waals surface area contributed by atoms with Crippen LogP contribution >= 0.6 is 12.2 Å². The average molecular weight is 381 g/mol. The van der Waals surface area contributed by atoms with Crippen LogP contribution in [0.4, 0.5) is 5.69 Å². The van der Waals surface area contributed by atoms with Crippen LogP contribution in [0.5, 0.6) is 5.75 Å². The molecule has 2 aromatic carbocycles. The van der Waals surface area contributed by atoms with Gasteiger partial charge in [0.05, 0.1) is 19.3 Å². The number of anilines is 1. The molecule has 0 unspecified atom stereocenters. The number of rotatable bonds is 6. The van der Waals surface area contributed by atoms with Gasteiger partial charge in [-0.3, -0.25) is 4.68 Å². The van der Waals surface area contributed by atoms with Crippen LogP contribution in [-0.4, -0.2) is 22.0 Å². The third-order valence-corrected chi connectivity index (χ3v) is 4.71. The normalized spacial score (nSPS) is 10.5. The van der Waals surface area contributed by atoms with Crippen LogP contribution in [0.15, 0.2) is 54.6 Å². The smallest absolute Gasteiger partial charge is 0.171 e. The molecule has 0 aliphatic rings. The Bertz CT molecular complexity index is 921. The third-order valence-electron chi connectivity index (χ3n) is 4.46. The standard InChI is InChI=1S/C21H24N4OS/c1-15-20(16(2)25(24-15)14-17-8-5-4-6-9-17)13-22-21(27)23-18-10-7-11-19(12-18)26-3/h4-12H,13-14H2,1-3H3,(H2,22,23,27). The first-order chi connectivity index (χ1) is 13.1. The summed E-state index contributed by atoms with van der Waals surface area (Å²) in [4.78, 5) is 0. The minimum atomic E-state index is 0.567. The molecule has 1 aromatic heterocycles. The maximum absolute atomic E-state index is 5.42. The van der Waals surface area contributed by atoms with Crippen molar-refractivity contribution < 1.29 is 4.74 Å². The average Bonchev–Trinajstić information content (AvgIpc) is 2.94. The lowest BCUT2D eigenvalue weighted by molar-refractivity contribution is 0.415. The molecule has 1 heterocycles. The summed E-state index contributed by atoms with van der Waals surface area (Å²) in [6, 6.07) is 18.0. The number of thiocarbonyl (C=S) groups is 1. The molecular weight excluding hydrogens is 356 g/mol. The number of aromatic nitrogens is 2. The highest BCUT2D eigenvalue weighted by Gasteiger charge is 2.12. The molecule has 2 N–H and O–H groups in total. The van der Waals surface area contributed by atoms with Crippen molar-refractivity contribution in [3.8, 4) is 5.75 Å². The zero-order chi connectivity index (χ0) is 19.2. The molecule has 0 aliphatic heterocycles. The van der Waals surface area contributed by atoms with Gasteiger partial charge in [-0.05, 0) is 43.8 Å². The van der Waals surface area contributed by atoms with Crippen molar-refractivity contribution in [2.24, 2.45) is 0 Å². The lowest BCUT2D eigenvalue weighted by atomic mass is 10.2. The summed E-state index contributed by atoms with van der Waals surface area (Å²) in [7, 11) is 1.65. The second-order valence-corrected chi connectivity index (χ2v) is 6.74. The zero-order valence-electron chi connectivity index (χ0n) is 15.8. The van der Waals surface area contributed by atoms with E-state index in [0.29, 0.717) is 11.7 Å². The molecule has 0 amide bonds. The van der Waals surface area contributed by atoms with E-state index in [-0.39, 0.29) is 0 Å². The first-order valence-corrected chi connectivity index (χ1v) is 9.23. The largest absolute Gasteiger partial charge is 0.497 e. The van der Waals surface area contributed by atoms with Crippen molar-refractivity contribution >= 4 is 23.0 Å². The van der Waals surface area contributed by atoms with Gasteiger partial charge >= 0.3 is 0 Å². The third kappa shape index (κ3) is 4.86. The van der Waals surface area contributed by atoms with Crippen LogP contribution in [0.3, 0.4) is 0 Å². The molecule has 0 radical (unpaired) electrons. The van der Waals surface area contributed by atoms with Crippen molar-refractivity contribution in [2.75, 3.05) is 12.4 Å². The first-order valence-electron chi connectivity index (χ1n) is 8.82. The molecule has 0 spiro atoms. The Hall–Kier alpha value is -2.86. The molecule has 0 bridgehead atoms. The minimum Gasteiger partial charge on any atom is -0.497 e. The summed E-state index contributed by atoms with van der Waals surface area (Å²) in [6.45, 7) is 5.52. The molecule has 3 rings (SSSR count). The Balaban J connectivity index is 1.63. The van der Waals surface area contributed by atoms with E-state index in [4.69, 9.17) is 17.0 Å². The number of methoxy groups -OCH3 is 1. The molecule has 0 fully saturated rings. The zero-order valence-corrected chi connectivity index (χ0v) is 16.6. The van der Waals surface area contributed by atoms with Crippen molar-refractivity contribution in [1.29, 1.82) is 0 Å². The Morgan fingerprint density at radius 3 is 2.63 bits per heavy atom. The topological polar surface area (TPSA) is 51.1 Å². The molecular formula is C21H24N4OS. The van der Waals surface area contributed by atoms with Crippen LogP contribution in [0, 0.1) is 13.8 Å². The minimum absolute atomic E-state index is 0.567. The molecule has 0 saturated carbocycles. The Labute approximate surface area is 165 Å². The van der Waals surface area contributed by atoms with Gasteiger partial charge in [0.15, 0.2) is 5.11 Å². The Morgan fingerprint density at radius 1 is 1.11 bits per heavy atom. The number of benzene rings is 2. The summed E-state index contributed by atoms with van der Waals surface area (Å²) < 4.78 is 7.28.